The van der Waals surface area contributed by atoms with Gasteiger partial charge in [-0.1, -0.05) is 19.1 Å². The van der Waals surface area contributed by atoms with Crippen LogP contribution in [0.4, 0.5) is 0 Å². The Balaban J connectivity index is 3.01. The fourth-order valence-corrected chi connectivity index (χ4v) is 1.41. The van der Waals surface area contributed by atoms with Crippen LogP contribution in [0.1, 0.15) is 24.0 Å². The predicted octanol–water partition coefficient (Wildman–Crippen LogP) is 2.17. The summed E-state index contributed by atoms with van der Waals surface area (Å²) in [4.78, 5) is 0. The van der Waals surface area contributed by atoms with Gasteiger partial charge in [0.2, 0.25) is 0 Å². The number of hydrogen-bond acceptors (Lipinski definition) is 2. The Hall–Kier alpha value is -1.02. The first-order chi connectivity index (χ1) is 6.72. The van der Waals surface area contributed by atoms with Crippen molar-refractivity contribution >= 4 is 0 Å². The molecule has 1 rings (SSSR count). The molecule has 1 unspecified atom stereocenters. The van der Waals surface area contributed by atoms with Crippen molar-refractivity contribution in [2.75, 3.05) is 13.7 Å². The zero-order chi connectivity index (χ0) is 10.6. The van der Waals surface area contributed by atoms with E-state index in [4.69, 9.17) is 9.84 Å². The number of methoxy groups -OCH3 is 1. The van der Waals surface area contributed by atoms with Crippen LogP contribution in [0.3, 0.4) is 0 Å². The zero-order valence-electron chi connectivity index (χ0n) is 8.79. The van der Waals surface area contributed by atoms with E-state index in [1.807, 2.05) is 18.2 Å². The molecule has 1 aromatic rings. The summed E-state index contributed by atoms with van der Waals surface area (Å²) in [5.74, 6) is 0.807. The highest BCUT2D eigenvalue weighted by Crippen LogP contribution is 2.24. The standard InChI is InChI=1S/C12H17O2/c1-4-10-5-6-11(9(2)8-13)7-12(10)14-3/h5-7,9,13H,2,4,8H2,1,3H3. The number of ether oxygens (including phenoxy) is 1. The maximum absolute atomic E-state index is 8.97. The minimum Gasteiger partial charge on any atom is -0.496 e. The van der Waals surface area contributed by atoms with Crippen molar-refractivity contribution < 1.29 is 9.84 Å². The van der Waals surface area contributed by atoms with Crippen LogP contribution in [0.25, 0.3) is 0 Å². The number of rotatable bonds is 4. The first kappa shape index (κ1) is 11.1. The summed E-state index contributed by atoms with van der Waals surface area (Å²) in [5, 5.41) is 8.97. The van der Waals surface area contributed by atoms with Crippen molar-refractivity contribution in [3.05, 3.63) is 36.2 Å². The lowest BCUT2D eigenvalue weighted by Gasteiger charge is -2.12. The second-order valence-corrected chi connectivity index (χ2v) is 3.30. The molecule has 0 saturated carbocycles. The quantitative estimate of drug-likeness (QED) is 0.794. The topological polar surface area (TPSA) is 29.5 Å². The Bertz CT molecular complexity index is 294. The minimum atomic E-state index is -0.0743. The molecular weight excluding hydrogens is 176 g/mol. The number of aliphatic hydroxyl groups excluding tert-OH is 1. The minimum absolute atomic E-state index is 0.0641. The number of aliphatic hydroxyl groups is 1. The van der Waals surface area contributed by atoms with Crippen LogP contribution in [0.15, 0.2) is 18.2 Å². The maximum Gasteiger partial charge on any atom is 0.122 e. The van der Waals surface area contributed by atoms with Crippen molar-refractivity contribution in [1.29, 1.82) is 0 Å². The van der Waals surface area contributed by atoms with Gasteiger partial charge in [-0.2, -0.15) is 0 Å². The van der Waals surface area contributed by atoms with Gasteiger partial charge in [-0.3, -0.25) is 0 Å². The van der Waals surface area contributed by atoms with Gasteiger partial charge in [0, 0.05) is 12.5 Å². The van der Waals surface area contributed by atoms with Gasteiger partial charge >= 0.3 is 0 Å². The highest BCUT2D eigenvalue weighted by Gasteiger charge is 2.07. The van der Waals surface area contributed by atoms with Crippen molar-refractivity contribution in [3.63, 3.8) is 0 Å². The van der Waals surface area contributed by atoms with Gasteiger partial charge < -0.3 is 9.84 Å². The molecule has 2 heteroatoms. The summed E-state index contributed by atoms with van der Waals surface area (Å²) in [5.41, 5.74) is 2.20. The average molecular weight is 193 g/mol. The molecular formula is C12H17O2. The number of benzene rings is 1. The van der Waals surface area contributed by atoms with Crippen molar-refractivity contribution in [3.8, 4) is 5.75 Å². The summed E-state index contributed by atoms with van der Waals surface area (Å²) >= 11 is 0. The molecule has 0 amide bonds. The van der Waals surface area contributed by atoms with Crippen molar-refractivity contribution in [1.82, 2.24) is 0 Å². The van der Waals surface area contributed by atoms with Crippen LogP contribution in [-0.2, 0) is 6.42 Å². The summed E-state index contributed by atoms with van der Waals surface area (Å²) in [6.45, 7) is 6.00. The third-order valence-corrected chi connectivity index (χ3v) is 2.38. The molecule has 1 radical (unpaired) electrons. The second-order valence-electron chi connectivity index (χ2n) is 3.30. The molecule has 77 valence electrons. The molecule has 0 heterocycles. The Morgan fingerprint density at radius 3 is 2.71 bits per heavy atom. The van der Waals surface area contributed by atoms with Crippen molar-refractivity contribution in [2.45, 2.75) is 19.3 Å². The highest BCUT2D eigenvalue weighted by molar-refractivity contribution is 5.39. The van der Waals surface area contributed by atoms with Gasteiger partial charge in [-0.25, -0.2) is 0 Å². The molecule has 0 fully saturated rings. The molecule has 14 heavy (non-hydrogen) atoms. The third kappa shape index (κ3) is 2.26. The first-order valence-electron chi connectivity index (χ1n) is 4.83. The molecule has 0 aromatic heterocycles. The van der Waals surface area contributed by atoms with Crippen LogP contribution in [0.5, 0.6) is 5.75 Å². The Kier molecular flexibility index (Phi) is 3.96. The van der Waals surface area contributed by atoms with E-state index in [1.54, 1.807) is 7.11 Å². The summed E-state index contributed by atoms with van der Waals surface area (Å²) < 4.78 is 5.26. The summed E-state index contributed by atoms with van der Waals surface area (Å²) in [6, 6.07) is 5.98. The van der Waals surface area contributed by atoms with E-state index in [-0.39, 0.29) is 12.5 Å². The van der Waals surface area contributed by atoms with E-state index >= 15 is 0 Å². The van der Waals surface area contributed by atoms with Gasteiger partial charge in [0.1, 0.15) is 5.75 Å². The lowest BCUT2D eigenvalue weighted by atomic mass is 9.99. The first-order valence-corrected chi connectivity index (χ1v) is 4.83. The van der Waals surface area contributed by atoms with E-state index in [0.717, 1.165) is 17.7 Å². The number of hydrogen-bond donors (Lipinski definition) is 1. The SMILES string of the molecule is [CH2]C(CO)c1ccc(CC)c(OC)c1. The summed E-state index contributed by atoms with van der Waals surface area (Å²) in [6.07, 6.45) is 0.949. The van der Waals surface area contributed by atoms with Crippen LogP contribution < -0.4 is 4.74 Å². The molecule has 0 saturated heterocycles. The average Bonchev–Trinajstić information content (AvgIpc) is 2.26. The van der Waals surface area contributed by atoms with Gasteiger partial charge in [-0.05, 0) is 30.5 Å². The van der Waals surface area contributed by atoms with E-state index in [2.05, 4.69) is 13.8 Å². The molecule has 0 bridgehead atoms. The zero-order valence-corrected chi connectivity index (χ0v) is 8.79. The Morgan fingerprint density at radius 1 is 1.50 bits per heavy atom. The molecule has 1 atom stereocenters. The smallest absolute Gasteiger partial charge is 0.122 e. The molecule has 1 N–H and O–H groups in total. The fraction of sp³-hybridized carbons (Fsp3) is 0.417. The molecule has 0 aliphatic rings. The fourth-order valence-electron chi connectivity index (χ4n) is 1.41. The van der Waals surface area contributed by atoms with E-state index < -0.39 is 0 Å². The van der Waals surface area contributed by atoms with Gasteiger partial charge in [0.05, 0.1) is 7.11 Å². The predicted molar refractivity (Wildman–Crippen MR) is 57.6 cm³/mol. The lowest BCUT2D eigenvalue weighted by molar-refractivity contribution is 0.282. The Labute approximate surface area is 85.5 Å². The highest BCUT2D eigenvalue weighted by atomic mass is 16.5. The van der Waals surface area contributed by atoms with Crippen LogP contribution in [0, 0.1) is 6.92 Å². The molecule has 0 spiro atoms. The lowest BCUT2D eigenvalue weighted by Crippen LogP contribution is -2.00. The normalized spacial score (nSPS) is 12.6. The van der Waals surface area contributed by atoms with Gasteiger partial charge in [-0.15, -0.1) is 0 Å². The van der Waals surface area contributed by atoms with E-state index in [0.29, 0.717) is 0 Å². The van der Waals surface area contributed by atoms with Gasteiger partial charge in [0.25, 0.3) is 0 Å². The molecule has 0 aliphatic carbocycles. The van der Waals surface area contributed by atoms with E-state index in [1.165, 1.54) is 5.56 Å². The third-order valence-electron chi connectivity index (χ3n) is 2.38. The van der Waals surface area contributed by atoms with Gasteiger partial charge in [0.15, 0.2) is 0 Å². The van der Waals surface area contributed by atoms with Crippen LogP contribution in [-0.4, -0.2) is 18.8 Å². The second kappa shape index (κ2) is 5.01. The van der Waals surface area contributed by atoms with Crippen molar-refractivity contribution in [2.24, 2.45) is 0 Å². The monoisotopic (exact) mass is 193 g/mol. The Morgan fingerprint density at radius 2 is 2.21 bits per heavy atom. The molecule has 1 aromatic carbocycles. The molecule has 2 nitrogen and oxygen atoms in total. The maximum atomic E-state index is 8.97. The van der Waals surface area contributed by atoms with E-state index in [9.17, 15) is 0 Å². The largest absolute Gasteiger partial charge is 0.496 e. The number of aryl methyl sites for hydroxylation is 1. The molecule has 0 aliphatic heterocycles. The van der Waals surface area contributed by atoms with Crippen LogP contribution in [0.2, 0.25) is 0 Å². The summed E-state index contributed by atoms with van der Waals surface area (Å²) in [7, 11) is 1.66. The van der Waals surface area contributed by atoms with Crippen LogP contribution >= 0.6 is 0 Å².